The summed E-state index contributed by atoms with van der Waals surface area (Å²) in [5.41, 5.74) is 1.42. The molecular weight excluding hydrogens is 520 g/mol. The van der Waals surface area contributed by atoms with Crippen LogP contribution < -0.4 is 10.6 Å². The maximum absolute atomic E-state index is 13.3. The van der Waals surface area contributed by atoms with Gasteiger partial charge in [0.25, 0.3) is 5.91 Å². The molecule has 11 nitrogen and oxygen atoms in total. The number of likely N-dealkylation sites (N-methyl/N-ethyl adjacent to an activating group) is 1. The van der Waals surface area contributed by atoms with Crippen LogP contribution in [0.15, 0.2) is 49.1 Å². The highest BCUT2D eigenvalue weighted by atomic mass is 35.5. The lowest BCUT2D eigenvalue weighted by Gasteiger charge is -2.26. The summed E-state index contributed by atoms with van der Waals surface area (Å²) in [5.74, 6) is -0.293. The fourth-order valence-electron chi connectivity index (χ4n) is 4.59. The number of imidazole rings is 1. The fraction of sp³-hybridized carbons (Fsp3) is 0.370. The Hall–Kier alpha value is -3.96. The molecule has 3 amide bonds. The number of rotatable bonds is 8. The fourth-order valence-corrected chi connectivity index (χ4v) is 4.85. The van der Waals surface area contributed by atoms with Crippen LogP contribution in [-0.2, 0) is 16.6 Å². The predicted octanol–water partition coefficient (Wildman–Crippen LogP) is 3.47. The third kappa shape index (κ3) is 6.55. The number of likely N-dealkylation sites (tertiary alicyclic amines) is 1. The van der Waals surface area contributed by atoms with Crippen molar-refractivity contribution in [3.8, 4) is 0 Å². The first-order valence-corrected chi connectivity index (χ1v) is 13.1. The number of hydrogen-bond donors (Lipinski definition) is 2. The summed E-state index contributed by atoms with van der Waals surface area (Å²) in [7, 11) is 5.52. The van der Waals surface area contributed by atoms with Crippen molar-refractivity contribution in [2.24, 2.45) is 7.05 Å². The van der Waals surface area contributed by atoms with Crippen LogP contribution in [0.3, 0.4) is 0 Å². The van der Waals surface area contributed by atoms with E-state index in [2.05, 4.69) is 27.3 Å². The summed E-state index contributed by atoms with van der Waals surface area (Å²) in [5, 5.41) is 10.2. The van der Waals surface area contributed by atoms with Gasteiger partial charge < -0.3 is 19.7 Å². The van der Waals surface area contributed by atoms with Crippen molar-refractivity contribution >= 4 is 52.1 Å². The minimum atomic E-state index is -0.495. The molecule has 0 saturated carbocycles. The number of para-hydroxylation sites is 1. The molecule has 0 radical (unpaired) electrons. The lowest BCUT2D eigenvalue weighted by molar-refractivity contribution is -0.126. The summed E-state index contributed by atoms with van der Waals surface area (Å²) in [6.45, 7) is 5.21. The van der Waals surface area contributed by atoms with E-state index in [1.807, 2.05) is 40.6 Å². The number of carbonyl (C=O) groups is 3. The number of nitrogens with one attached hydrogen (secondary N) is 2. The van der Waals surface area contributed by atoms with Gasteiger partial charge in [-0.15, -0.1) is 0 Å². The van der Waals surface area contributed by atoms with Crippen LogP contribution in [0.1, 0.15) is 35.8 Å². The average Bonchev–Trinajstić information content (AvgIpc) is 3.34. The first-order valence-electron chi connectivity index (χ1n) is 12.7. The van der Waals surface area contributed by atoms with Gasteiger partial charge in [0.15, 0.2) is 5.69 Å². The number of anilines is 2. The number of amides is 3. The molecule has 0 aliphatic carbocycles. The Morgan fingerprint density at radius 1 is 1.23 bits per heavy atom. The molecule has 3 heterocycles. The van der Waals surface area contributed by atoms with Crippen molar-refractivity contribution in [3.05, 3.63) is 59.8 Å². The molecule has 1 atom stereocenters. The Kier molecular flexibility index (Phi) is 8.82. The molecule has 4 rings (SSSR count). The zero-order valence-electron chi connectivity index (χ0n) is 22.4. The normalized spacial score (nSPS) is 16.0. The minimum absolute atomic E-state index is 0.0487. The quantitative estimate of drug-likeness (QED) is 0.413. The molecule has 0 unspecified atom stereocenters. The number of benzene rings is 1. The molecule has 3 aromatic rings. The lowest BCUT2D eigenvalue weighted by Crippen LogP contribution is -2.34. The van der Waals surface area contributed by atoms with Gasteiger partial charge in [-0.2, -0.15) is 5.10 Å². The Bertz CT molecular complexity index is 1420. The second-order valence-electron chi connectivity index (χ2n) is 9.70. The molecule has 0 bridgehead atoms. The second-order valence-corrected chi connectivity index (χ2v) is 10.1. The largest absolute Gasteiger partial charge is 0.337 e. The van der Waals surface area contributed by atoms with Crippen LogP contribution in [0.4, 0.5) is 11.8 Å². The van der Waals surface area contributed by atoms with E-state index in [4.69, 9.17) is 11.6 Å². The van der Waals surface area contributed by atoms with E-state index < -0.39 is 11.8 Å². The van der Waals surface area contributed by atoms with Crippen LogP contribution in [0.25, 0.3) is 11.0 Å². The van der Waals surface area contributed by atoms with Crippen LogP contribution in [-0.4, -0.2) is 80.6 Å². The number of aromatic nitrogens is 4. The molecule has 2 aromatic heterocycles. The van der Waals surface area contributed by atoms with Crippen molar-refractivity contribution in [2.75, 3.05) is 44.4 Å². The Labute approximate surface area is 232 Å². The summed E-state index contributed by atoms with van der Waals surface area (Å²) in [6, 6.07) is 6.73. The van der Waals surface area contributed by atoms with Crippen molar-refractivity contribution in [3.63, 3.8) is 0 Å². The monoisotopic (exact) mass is 552 g/mol. The Morgan fingerprint density at radius 3 is 2.77 bits per heavy atom. The molecule has 1 aliphatic rings. The number of nitrogens with zero attached hydrogens (tertiary/aromatic N) is 6. The van der Waals surface area contributed by atoms with Gasteiger partial charge in [0, 0.05) is 38.8 Å². The summed E-state index contributed by atoms with van der Waals surface area (Å²) in [6.07, 6.45) is 7.17. The van der Waals surface area contributed by atoms with Gasteiger partial charge >= 0.3 is 0 Å². The van der Waals surface area contributed by atoms with Gasteiger partial charge in [-0.1, -0.05) is 30.3 Å². The average molecular weight is 553 g/mol. The number of fused-ring (bicyclic) bond motifs is 1. The summed E-state index contributed by atoms with van der Waals surface area (Å²) < 4.78 is 3.32. The van der Waals surface area contributed by atoms with Crippen molar-refractivity contribution in [1.29, 1.82) is 0 Å². The van der Waals surface area contributed by atoms with Gasteiger partial charge in [-0.3, -0.25) is 24.4 Å². The Balaban J connectivity index is 1.65. The van der Waals surface area contributed by atoms with Gasteiger partial charge in [0.2, 0.25) is 17.8 Å². The molecule has 206 valence electrons. The van der Waals surface area contributed by atoms with E-state index in [0.717, 1.165) is 25.3 Å². The first-order chi connectivity index (χ1) is 18.7. The maximum atomic E-state index is 13.3. The van der Waals surface area contributed by atoms with Crippen LogP contribution in [0.5, 0.6) is 0 Å². The second kappa shape index (κ2) is 12.3. The topological polar surface area (TPSA) is 117 Å². The third-order valence-corrected chi connectivity index (χ3v) is 6.79. The van der Waals surface area contributed by atoms with E-state index in [1.165, 1.54) is 10.7 Å². The Morgan fingerprint density at radius 2 is 2.03 bits per heavy atom. The van der Waals surface area contributed by atoms with E-state index in [1.54, 1.807) is 25.3 Å². The molecular formula is C27H33ClN8O3. The molecule has 39 heavy (non-hydrogen) atoms. The number of hydrogen-bond acceptors (Lipinski definition) is 6. The zero-order valence-corrected chi connectivity index (χ0v) is 23.1. The molecule has 1 aromatic carbocycles. The van der Waals surface area contributed by atoms with Crippen LogP contribution >= 0.6 is 11.6 Å². The highest BCUT2D eigenvalue weighted by Crippen LogP contribution is 2.34. The summed E-state index contributed by atoms with van der Waals surface area (Å²) in [4.78, 5) is 46.5. The van der Waals surface area contributed by atoms with Crippen LogP contribution in [0, 0.1) is 0 Å². The standard InChI is InChI=1S/C27H33ClN8O3/c1-5-23(37)30-22-16-21(32-34(22)4)26(39)31-27-29-20-12-8-11-19(28)25(20)36(27)18-10-6-7-15-35(17-18)24(38)13-9-14-33(2)3/h5,8-9,11-13,16,18H,1,6-7,10,14-15,17H2,2-4H3,(H,30,37)(H,29,31,39)/b13-9+/t18-/m1/s1. The first kappa shape index (κ1) is 28.1. The molecule has 1 saturated heterocycles. The number of aryl methyl sites for hydroxylation is 1. The zero-order chi connectivity index (χ0) is 28.1. The smallest absolute Gasteiger partial charge is 0.278 e. The third-order valence-electron chi connectivity index (χ3n) is 6.49. The highest BCUT2D eigenvalue weighted by molar-refractivity contribution is 6.35. The predicted molar refractivity (Wildman–Crippen MR) is 152 cm³/mol. The molecule has 2 N–H and O–H groups in total. The minimum Gasteiger partial charge on any atom is -0.337 e. The van der Waals surface area contributed by atoms with Crippen molar-refractivity contribution < 1.29 is 14.4 Å². The summed E-state index contributed by atoms with van der Waals surface area (Å²) >= 11 is 6.64. The lowest BCUT2D eigenvalue weighted by atomic mass is 10.1. The maximum Gasteiger partial charge on any atom is 0.278 e. The van der Waals surface area contributed by atoms with E-state index in [0.29, 0.717) is 47.5 Å². The molecule has 1 aliphatic heterocycles. The van der Waals surface area contributed by atoms with Gasteiger partial charge in [0.05, 0.1) is 22.1 Å². The number of halogens is 1. The van der Waals surface area contributed by atoms with E-state index in [-0.39, 0.29) is 17.6 Å². The van der Waals surface area contributed by atoms with Crippen LogP contribution in [0.2, 0.25) is 5.02 Å². The molecule has 1 fully saturated rings. The van der Waals surface area contributed by atoms with E-state index >= 15 is 0 Å². The molecule has 0 spiro atoms. The van der Waals surface area contributed by atoms with Gasteiger partial charge in [0.1, 0.15) is 5.82 Å². The van der Waals surface area contributed by atoms with Gasteiger partial charge in [-0.25, -0.2) is 4.98 Å². The van der Waals surface area contributed by atoms with E-state index in [9.17, 15) is 14.4 Å². The van der Waals surface area contributed by atoms with Crippen molar-refractivity contribution in [2.45, 2.75) is 25.3 Å². The SMILES string of the molecule is C=CC(=O)Nc1cc(C(=O)Nc2nc3cccc(Cl)c3n2[C@@H]2CCCCN(C(=O)/C=C/CN(C)C)C2)nn1C. The molecule has 12 heteroatoms. The number of carbonyl (C=O) groups excluding carboxylic acids is 3. The van der Waals surface area contributed by atoms with Crippen molar-refractivity contribution in [1.82, 2.24) is 29.1 Å². The van der Waals surface area contributed by atoms with Gasteiger partial charge in [-0.05, 0) is 51.6 Å². The highest BCUT2D eigenvalue weighted by Gasteiger charge is 2.28.